The van der Waals surface area contributed by atoms with Crippen LogP contribution in [0.4, 0.5) is 0 Å². The second-order valence-electron chi connectivity index (χ2n) is 6.01. The van der Waals surface area contributed by atoms with Crippen LogP contribution < -0.4 is 0 Å². The molecular formula is C18H29Cl. The van der Waals surface area contributed by atoms with Gasteiger partial charge in [-0.3, -0.25) is 0 Å². The Kier molecular flexibility index (Phi) is 8.21. The summed E-state index contributed by atoms with van der Waals surface area (Å²) in [4.78, 5) is 0. The maximum atomic E-state index is 6.48. The maximum absolute atomic E-state index is 6.48. The summed E-state index contributed by atoms with van der Waals surface area (Å²) in [5.41, 5.74) is 2.70. The topological polar surface area (TPSA) is 0 Å². The molecular weight excluding hydrogens is 252 g/mol. The average molecular weight is 281 g/mol. The van der Waals surface area contributed by atoms with E-state index in [1.807, 2.05) is 0 Å². The molecule has 1 heteroatoms. The van der Waals surface area contributed by atoms with Crippen molar-refractivity contribution in [2.75, 3.05) is 0 Å². The molecule has 0 radical (unpaired) electrons. The highest BCUT2D eigenvalue weighted by molar-refractivity contribution is 6.20. The molecule has 0 fully saturated rings. The first-order chi connectivity index (χ1) is 9.13. The first kappa shape index (κ1) is 16.6. The van der Waals surface area contributed by atoms with Gasteiger partial charge in [0.25, 0.3) is 0 Å². The molecule has 1 aromatic carbocycles. The zero-order valence-corrected chi connectivity index (χ0v) is 13.5. The fourth-order valence-corrected chi connectivity index (χ4v) is 2.73. The van der Waals surface area contributed by atoms with E-state index in [0.717, 1.165) is 18.8 Å². The third-order valence-electron chi connectivity index (χ3n) is 3.55. The first-order valence-electron chi connectivity index (χ1n) is 7.86. The van der Waals surface area contributed by atoms with Crippen molar-refractivity contribution in [1.82, 2.24) is 0 Å². The van der Waals surface area contributed by atoms with Gasteiger partial charge < -0.3 is 0 Å². The summed E-state index contributed by atoms with van der Waals surface area (Å²) in [5, 5.41) is 0.190. The number of halogens is 1. The summed E-state index contributed by atoms with van der Waals surface area (Å²) in [6, 6.07) is 8.90. The molecule has 0 amide bonds. The standard InChI is InChI=1S/C18H29Cl/c1-4-5-6-7-8-9-18(19)17-12-10-16(11-13-17)14-15(2)3/h10-13,15,18H,4-9,14H2,1-3H3. The van der Waals surface area contributed by atoms with Crippen molar-refractivity contribution >= 4 is 11.6 Å². The zero-order chi connectivity index (χ0) is 14.1. The fourth-order valence-electron chi connectivity index (χ4n) is 2.43. The molecule has 0 aromatic heterocycles. The van der Waals surface area contributed by atoms with Crippen molar-refractivity contribution in [3.8, 4) is 0 Å². The molecule has 0 aliphatic rings. The molecule has 1 rings (SSSR count). The van der Waals surface area contributed by atoms with Gasteiger partial charge in [0.2, 0.25) is 0 Å². The van der Waals surface area contributed by atoms with Gasteiger partial charge in [-0.15, -0.1) is 11.6 Å². The molecule has 1 unspecified atom stereocenters. The summed E-state index contributed by atoms with van der Waals surface area (Å²) in [6.07, 6.45) is 8.86. The van der Waals surface area contributed by atoms with E-state index >= 15 is 0 Å². The Labute approximate surface area is 124 Å². The average Bonchev–Trinajstić information content (AvgIpc) is 2.38. The van der Waals surface area contributed by atoms with Gasteiger partial charge >= 0.3 is 0 Å². The second kappa shape index (κ2) is 9.42. The Morgan fingerprint density at radius 1 is 0.947 bits per heavy atom. The Morgan fingerprint density at radius 3 is 2.16 bits per heavy atom. The van der Waals surface area contributed by atoms with Gasteiger partial charge in [-0.2, -0.15) is 0 Å². The van der Waals surface area contributed by atoms with Gasteiger partial charge in [0.15, 0.2) is 0 Å². The van der Waals surface area contributed by atoms with E-state index in [2.05, 4.69) is 45.0 Å². The van der Waals surface area contributed by atoms with Crippen LogP contribution in [0.15, 0.2) is 24.3 Å². The monoisotopic (exact) mass is 280 g/mol. The maximum Gasteiger partial charge on any atom is 0.0585 e. The lowest BCUT2D eigenvalue weighted by molar-refractivity contribution is 0.601. The van der Waals surface area contributed by atoms with Gasteiger partial charge in [-0.1, -0.05) is 77.1 Å². The van der Waals surface area contributed by atoms with Crippen molar-refractivity contribution < 1.29 is 0 Å². The summed E-state index contributed by atoms with van der Waals surface area (Å²) in [7, 11) is 0. The summed E-state index contributed by atoms with van der Waals surface area (Å²) >= 11 is 6.48. The number of hydrogen-bond donors (Lipinski definition) is 0. The SMILES string of the molecule is CCCCCCCC(Cl)c1ccc(CC(C)C)cc1. The van der Waals surface area contributed by atoms with Gasteiger partial charge in [0, 0.05) is 0 Å². The van der Waals surface area contributed by atoms with Crippen LogP contribution in [0.2, 0.25) is 0 Å². The van der Waals surface area contributed by atoms with E-state index in [4.69, 9.17) is 11.6 Å². The van der Waals surface area contributed by atoms with Gasteiger partial charge in [0.1, 0.15) is 0 Å². The highest BCUT2D eigenvalue weighted by Gasteiger charge is 2.07. The van der Waals surface area contributed by atoms with Crippen molar-refractivity contribution in [2.45, 2.75) is 71.1 Å². The molecule has 0 N–H and O–H groups in total. The first-order valence-corrected chi connectivity index (χ1v) is 8.30. The number of rotatable bonds is 9. The number of unbranched alkanes of at least 4 members (excludes halogenated alkanes) is 4. The van der Waals surface area contributed by atoms with Gasteiger partial charge in [-0.05, 0) is 29.9 Å². The van der Waals surface area contributed by atoms with E-state index in [1.54, 1.807) is 0 Å². The lowest BCUT2D eigenvalue weighted by Gasteiger charge is -2.11. The second-order valence-corrected chi connectivity index (χ2v) is 6.54. The Hall–Kier alpha value is -0.490. The van der Waals surface area contributed by atoms with Crippen LogP contribution in [0.25, 0.3) is 0 Å². The van der Waals surface area contributed by atoms with E-state index < -0.39 is 0 Å². The fraction of sp³-hybridized carbons (Fsp3) is 0.667. The lowest BCUT2D eigenvalue weighted by atomic mass is 9.99. The molecule has 1 aromatic rings. The lowest BCUT2D eigenvalue weighted by Crippen LogP contribution is -1.96. The minimum Gasteiger partial charge on any atom is -0.118 e. The number of benzene rings is 1. The van der Waals surface area contributed by atoms with Crippen molar-refractivity contribution in [3.05, 3.63) is 35.4 Å². The summed E-state index contributed by atoms with van der Waals surface area (Å²) in [6.45, 7) is 6.77. The Balaban J connectivity index is 2.33. The minimum atomic E-state index is 0.190. The molecule has 108 valence electrons. The molecule has 0 saturated carbocycles. The van der Waals surface area contributed by atoms with Crippen LogP contribution >= 0.6 is 11.6 Å². The van der Waals surface area contributed by atoms with Gasteiger partial charge in [-0.25, -0.2) is 0 Å². The highest BCUT2D eigenvalue weighted by atomic mass is 35.5. The number of alkyl halides is 1. The smallest absolute Gasteiger partial charge is 0.0585 e. The van der Waals surface area contributed by atoms with Gasteiger partial charge in [0.05, 0.1) is 5.38 Å². The summed E-state index contributed by atoms with van der Waals surface area (Å²) < 4.78 is 0. The van der Waals surface area contributed by atoms with E-state index in [9.17, 15) is 0 Å². The predicted octanol–water partition coefficient (Wildman–Crippen LogP) is 6.53. The Bertz CT molecular complexity index is 326. The van der Waals surface area contributed by atoms with E-state index in [1.165, 1.54) is 43.2 Å². The largest absolute Gasteiger partial charge is 0.118 e. The molecule has 0 heterocycles. The molecule has 0 spiro atoms. The highest BCUT2D eigenvalue weighted by Crippen LogP contribution is 2.27. The van der Waals surface area contributed by atoms with Crippen molar-refractivity contribution in [1.29, 1.82) is 0 Å². The third-order valence-corrected chi connectivity index (χ3v) is 4.02. The normalized spacial score (nSPS) is 12.9. The molecule has 0 nitrogen and oxygen atoms in total. The minimum absolute atomic E-state index is 0.190. The van der Waals surface area contributed by atoms with Crippen LogP contribution in [0, 0.1) is 5.92 Å². The van der Waals surface area contributed by atoms with E-state index in [0.29, 0.717) is 0 Å². The van der Waals surface area contributed by atoms with Crippen LogP contribution in [-0.2, 0) is 6.42 Å². The van der Waals surface area contributed by atoms with Crippen LogP contribution in [0.5, 0.6) is 0 Å². The Morgan fingerprint density at radius 2 is 1.58 bits per heavy atom. The third kappa shape index (κ3) is 7.01. The number of hydrogen-bond acceptors (Lipinski definition) is 0. The molecule has 19 heavy (non-hydrogen) atoms. The predicted molar refractivity (Wildman–Crippen MR) is 87.0 cm³/mol. The summed E-state index contributed by atoms with van der Waals surface area (Å²) in [5.74, 6) is 0.719. The van der Waals surface area contributed by atoms with Crippen LogP contribution in [-0.4, -0.2) is 0 Å². The van der Waals surface area contributed by atoms with Crippen LogP contribution in [0.1, 0.15) is 75.8 Å². The quantitative estimate of drug-likeness (QED) is 0.356. The van der Waals surface area contributed by atoms with Crippen LogP contribution in [0.3, 0.4) is 0 Å². The molecule has 0 bridgehead atoms. The van der Waals surface area contributed by atoms with Crippen molar-refractivity contribution in [3.63, 3.8) is 0 Å². The molecule has 1 atom stereocenters. The molecule has 0 aliphatic carbocycles. The van der Waals surface area contributed by atoms with E-state index in [-0.39, 0.29) is 5.38 Å². The molecule has 0 aliphatic heterocycles. The molecule has 0 saturated heterocycles. The zero-order valence-electron chi connectivity index (χ0n) is 12.8. The van der Waals surface area contributed by atoms with Crippen molar-refractivity contribution in [2.24, 2.45) is 5.92 Å².